The van der Waals surface area contributed by atoms with Crippen molar-refractivity contribution in [2.45, 2.75) is 37.7 Å². The summed E-state index contributed by atoms with van der Waals surface area (Å²) < 4.78 is 0. The van der Waals surface area contributed by atoms with Gasteiger partial charge in [-0.15, -0.1) is 11.8 Å². The quantitative estimate of drug-likeness (QED) is 0.644. The van der Waals surface area contributed by atoms with E-state index in [0.29, 0.717) is 5.25 Å². The van der Waals surface area contributed by atoms with Gasteiger partial charge in [-0.1, -0.05) is 6.92 Å². The van der Waals surface area contributed by atoms with Crippen molar-refractivity contribution in [3.8, 4) is 0 Å². The Labute approximate surface area is 127 Å². The van der Waals surface area contributed by atoms with Gasteiger partial charge in [-0.2, -0.15) is 0 Å². The summed E-state index contributed by atoms with van der Waals surface area (Å²) >= 11 is 1.58. The fourth-order valence-electron chi connectivity index (χ4n) is 3.59. The average Bonchev–Trinajstić information content (AvgIpc) is 2.97. The van der Waals surface area contributed by atoms with E-state index in [1.54, 1.807) is 18.7 Å². The maximum atomic E-state index is 12.2. The number of hydrogen-bond acceptors (Lipinski definition) is 5. The maximum Gasteiger partial charge on any atom is 0.353 e. The Morgan fingerprint density at radius 1 is 1.52 bits per heavy atom. The lowest BCUT2D eigenvalue weighted by Crippen LogP contribution is -2.63. The van der Waals surface area contributed by atoms with Crippen molar-refractivity contribution < 1.29 is 19.8 Å². The highest BCUT2D eigenvalue weighted by Crippen LogP contribution is 2.51. The third kappa shape index (κ3) is 2.18. The number of rotatable bonds is 4. The van der Waals surface area contributed by atoms with Gasteiger partial charge in [-0.25, -0.2) is 4.79 Å². The lowest BCUT2D eigenvalue weighted by Gasteiger charge is -2.46. The molecule has 1 amide bonds. The van der Waals surface area contributed by atoms with Crippen molar-refractivity contribution in [3.05, 3.63) is 10.6 Å². The molecule has 0 aromatic rings. The summed E-state index contributed by atoms with van der Waals surface area (Å²) in [5.74, 6) is -1.82. The highest BCUT2D eigenvalue weighted by atomic mass is 32.2. The molecule has 0 unspecified atom stereocenters. The number of fused-ring (bicyclic) bond motifs is 1. The van der Waals surface area contributed by atoms with E-state index in [-0.39, 0.29) is 23.6 Å². The largest absolute Gasteiger partial charge is 0.477 e. The van der Waals surface area contributed by atoms with Gasteiger partial charge in [0.15, 0.2) is 0 Å². The molecule has 0 spiro atoms. The molecule has 3 aliphatic rings. The highest BCUT2D eigenvalue weighted by molar-refractivity contribution is 8.03. The van der Waals surface area contributed by atoms with Crippen LogP contribution in [0.15, 0.2) is 10.6 Å². The van der Waals surface area contributed by atoms with E-state index in [1.807, 2.05) is 6.92 Å². The Morgan fingerprint density at radius 3 is 2.76 bits per heavy atom. The summed E-state index contributed by atoms with van der Waals surface area (Å²) in [6, 6.07) is -0.208. The van der Waals surface area contributed by atoms with Crippen LogP contribution in [0.3, 0.4) is 0 Å². The van der Waals surface area contributed by atoms with Crippen LogP contribution in [0.25, 0.3) is 0 Å². The van der Waals surface area contributed by atoms with E-state index >= 15 is 0 Å². The van der Waals surface area contributed by atoms with E-state index in [4.69, 9.17) is 0 Å². The minimum atomic E-state index is -1.05. The number of carbonyl (C=O) groups excluding carboxylic acids is 1. The first kappa shape index (κ1) is 14.9. The van der Waals surface area contributed by atoms with Crippen LogP contribution >= 0.6 is 11.8 Å². The number of aliphatic hydroxyl groups is 1. The number of carboxylic acid groups (broad SMARTS) is 1. The molecule has 0 saturated carbocycles. The second kappa shape index (κ2) is 5.30. The van der Waals surface area contributed by atoms with Crippen LogP contribution in [0.4, 0.5) is 0 Å². The zero-order chi connectivity index (χ0) is 15.3. The van der Waals surface area contributed by atoms with Crippen LogP contribution in [-0.2, 0) is 9.59 Å². The molecule has 3 aliphatic heterocycles. The molecule has 116 valence electrons. The molecule has 7 heteroatoms. The Bertz CT molecular complexity index is 513. The average molecular weight is 312 g/mol. The molecule has 0 aliphatic carbocycles. The Kier molecular flexibility index (Phi) is 3.75. The lowest BCUT2D eigenvalue weighted by atomic mass is 9.79. The van der Waals surface area contributed by atoms with Crippen molar-refractivity contribution in [2.24, 2.45) is 11.8 Å². The van der Waals surface area contributed by atoms with Crippen LogP contribution in [0.5, 0.6) is 0 Å². The zero-order valence-corrected chi connectivity index (χ0v) is 12.9. The van der Waals surface area contributed by atoms with Gasteiger partial charge in [-0.3, -0.25) is 4.79 Å². The molecule has 0 aromatic heterocycles. The van der Waals surface area contributed by atoms with Crippen LogP contribution in [0.2, 0.25) is 0 Å². The van der Waals surface area contributed by atoms with Gasteiger partial charge in [0, 0.05) is 22.6 Å². The van der Waals surface area contributed by atoms with Gasteiger partial charge >= 0.3 is 5.97 Å². The van der Waals surface area contributed by atoms with Crippen molar-refractivity contribution >= 4 is 23.6 Å². The molecule has 2 fully saturated rings. The number of nitrogens with one attached hydrogen (secondary N) is 1. The van der Waals surface area contributed by atoms with Crippen LogP contribution in [-0.4, -0.2) is 57.5 Å². The number of β-lactam (4-membered cyclic amide) rings is 1. The summed E-state index contributed by atoms with van der Waals surface area (Å²) in [6.45, 7) is 5.37. The number of nitrogens with zero attached hydrogens (tertiary/aromatic N) is 1. The number of thioether (sulfide) groups is 1. The number of aliphatic hydroxyl groups excluding tert-OH is 1. The molecule has 3 heterocycles. The molecule has 3 rings (SSSR count). The molecule has 0 radical (unpaired) electrons. The van der Waals surface area contributed by atoms with Gasteiger partial charge in [0.25, 0.3) is 0 Å². The normalized spacial score (nSPS) is 36.7. The molecular formula is C14H20N2O4S. The standard InChI is InChI=1S/C14H20N2O4S/c1-6-10-9(7(2)17)13(18)16(10)11(14(19)20)12(6)21-8-3-4-15-5-8/h6-10,15,17H,3-5H2,1-2H3,(H,19,20)/t6-,7-,8-,9-,10-/m1/s1. The monoisotopic (exact) mass is 312 g/mol. The minimum Gasteiger partial charge on any atom is -0.477 e. The minimum absolute atomic E-state index is 0.0287. The summed E-state index contributed by atoms with van der Waals surface area (Å²) in [7, 11) is 0. The molecule has 0 aromatic carbocycles. The molecule has 0 bridgehead atoms. The molecule has 3 N–H and O–H groups in total. The number of amides is 1. The summed E-state index contributed by atoms with van der Waals surface area (Å²) in [5.41, 5.74) is 0.131. The fraction of sp³-hybridized carbons (Fsp3) is 0.714. The van der Waals surface area contributed by atoms with E-state index in [1.165, 1.54) is 4.90 Å². The van der Waals surface area contributed by atoms with Crippen LogP contribution < -0.4 is 5.32 Å². The summed E-state index contributed by atoms with van der Waals surface area (Å²) in [6.07, 6.45) is 0.264. The van der Waals surface area contributed by atoms with Crippen molar-refractivity contribution in [1.82, 2.24) is 10.2 Å². The van der Waals surface area contributed by atoms with Gasteiger partial charge in [0.1, 0.15) is 5.70 Å². The molecule has 6 nitrogen and oxygen atoms in total. The first-order valence-corrected chi connectivity index (χ1v) is 8.17. The smallest absolute Gasteiger partial charge is 0.353 e. The number of aliphatic carboxylic acids is 1. The second-order valence-corrected chi connectivity index (χ2v) is 7.35. The van der Waals surface area contributed by atoms with Crippen molar-refractivity contribution in [3.63, 3.8) is 0 Å². The predicted octanol–water partition coefficient (Wildman–Crippen LogP) is 0.235. The van der Waals surface area contributed by atoms with E-state index in [9.17, 15) is 19.8 Å². The Hall–Kier alpha value is -1.05. The first-order valence-electron chi connectivity index (χ1n) is 7.29. The predicted molar refractivity (Wildman–Crippen MR) is 78.5 cm³/mol. The van der Waals surface area contributed by atoms with Gasteiger partial charge in [-0.05, 0) is 19.9 Å². The van der Waals surface area contributed by atoms with Crippen LogP contribution in [0.1, 0.15) is 20.3 Å². The molecule has 21 heavy (non-hydrogen) atoms. The molecule has 5 atom stereocenters. The maximum absolute atomic E-state index is 12.2. The van der Waals surface area contributed by atoms with E-state index in [2.05, 4.69) is 5.32 Å². The second-order valence-electron chi connectivity index (χ2n) is 6.00. The third-order valence-corrected chi connectivity index (χ3v) is 6.17. The Balaban J connectivity index is 1.89. The van der Waals surface area contributed by atoms with E-state index < -0.39 is 18.0 Å². The molecule has 2 saturated heterocycles. The van der Waals surface area contributed by atoms with Crippen molar-refractivity contribution in [1.29, 1.82) is 0 Å². The van der Waals surface area contributed by atoms with Gasteiger partial charge in [0.2, 0.25) is 5.91 Å². The first-order chi connectivity index (χ1) is 9.93. The topological polar surface area (TPSA) is 89.9 Å². The number of carbonyl (C=O) groups is 2. The number of hydrogen-bond donors (Lipinski definition) is 3. The SMILES string of the molecule is C[C@@H](O)[C@H]1C(=O)N2C(C(=O)O)=C(S[C@@H]3CCNC3)[C@H](C)[C@H]12. The van der Waals surface area contributed by atoms with Crippen LogP contribution in [0, 0.1) is 11.8 Å². The van der Waals surface area contributed by atoms with Crippen molar-refractivity contribution in [2.75, 3.05) is 13.1 Å². The summed E-state index contributed by atoms with van der Waals surface area (Å²) in [4.78, 5) is 25.9. The summed E-state index contributed by atoms with van der Waals surface area (Å²) in [5, 5.41) is 22.9. The fourth-order valence-corrected chi connectivity index (χ4v) is 5.03. The zero-order valence-electron chi connectivity index (χ0n) is 12.1. The van der Waals surface area contributed by atoms with Gasteiger partial charge < -0.3 is 20.4 Å². The highest BCUT2D eigenvalue weighted by Gasteiger charge is 2.60. The number of carboxylic acids is 1. The Morgan fingerprint density at radius 2 is 2.24 bits per heavy atom. The lowest BCUT2D eigenvalue weighted by molar-refractivity contribution is -0.163. The van der Waals surface area contributed by atoms with Gasteiger partial charge in [0.05, 0.1) is 18.1 Å². The van der Waals surface area contributed by atoms with E-state index in [0.717, 1.165) is 24.4 Å². The molecular weight excluding hydrogens is 292 g/mol. The third-order valence-electron chi connectivity index (χ3n) is 4.62.